The number of likely N-dealkylation sites (tertiary alicyclic amines) is 1. The van der Waals surface area contributed by atoms with Gasteiger partial charge >= 0.3 is 0 Å². The van der Waals surface area contributed by atoms with Crippen molar-refractivity contribution in [2.75, 3.05) is 20.2 Å². The molecule has 0 amide bonds. The Balaban J connectivity index is 1.77. The predicted octanol–water partition coefficient (Wildman–Crippen LogP) is 4.70. The lowest BCUT2D eigenvalue weighted by atomic mass is 10.2. The standard InChI is InChI=1S/C20H23N3O2S/c1-13-14(2)26-20-18(13)19(25-16-9-5-4-8-15(16)24-3)21-17(22-20)12-23-10-6-7-11-23/h4-5,8-9H,6-7,10-12H2,1-3H3. The second kappa shape index (κ2) is 7.21. The molecule has 0 spiro atoms. The molecule has 0 bridgehead atoms. The van der Waals surface area contributed by atoms with Gasteiger partial charge in [0.1, 0.15) is 10.7 Å². The van der Waals surface area contributed by atoms with E-state index in [1.54, 1.807) is 18.4 Å². The molecular weight excluding hydrogens is 346 g/mol. The summed E-state index contributed by atoms with van der Waals surface area (Å²) in [7, 11) is 1.65. The lowest BCUT2D eigenvalue weighted by molar-refractivity contribution is 0.320. The number of nitrogens with zero attached hydrogens (tertiary/aromatic N) is 3. The molecule has 0 N–H and O–H groups in total. The molecule has 2 aromatic heterocycles. The van der Waals surface area contributed by atoms with Crippen molar-refractivity contribution in [2.45, 2.75) is 33.2 Å². The summed E-state index contributed by atoms with van der Waals surface area (Å²) in [6.45, 7) is 7.23. The number of ether oxygens (including phenoxy) is 2. The third-order valence-corrected chi connectivity index (χ3v) is 5.98. The summed E-state index contributed by atoms with van der Waals surface area (Å²) >= 11 is 1.70. The zero-order valence-electron chi connectivity index (χ0n) is 15.4. The fourth-order valence-electron chi connectivity index (χ4n) is 3.35. The summed E-state index contributed by atoms with van der Waals surface area (Å²) in [6.07, 6.45) is 2.51. The molecule has 0 atom stereocenters. The molecule has 1 aromatic carbocycles. The number of rotatable bonds is 5. The second-order valence-corrected chi connectivity index (χ2v) is 7.85. The maximum Gasteiger partial charge on any atom is 0.231 e. The van der Waals surface area contributed by atoms with E-state index in [0.717, 1.165) is 35.7 Å². The Bertz CT molecular complexity index is 932. The molecule has 1 saturated heterocycles. The van der Waals surface area contributed by atoms with E-state index in [1.807, 2.05) is 24.3 Å². The first-order valence-corrected chi connectivity index (χ1v) is 9.77. The number of benzene rings is 1. The highest BCUT2D eigenvalue weighted by Crippen LogP contribution is 2.38. The van der Waals surface area contributed by atoms with Crippen LogP contribution in [-0.2, 0) is 6.54 Å². The van der Waals surface area contributed by atoms with E-state index < -0.39 is 0 Å². The minimum Gasteiger partial charge on any atom is -0.493 e. The Kier molecular flexibility index (Phi) is 4.78. The van der Waals surface area contributed by atoms with E-state index in [4.69, 9.17) is 19.4 Å². The minimum absolute atomic E-state index is 0.621. The highest BCUT2D eigenvalue weighted by atomic mass is 32.1. The molecule has 3 heterocycles. The van der Waals surface area contributed by atoms with Crippen LogP contribution in [0, 0.1) is 13.8 Å². The molecule has 0 aliphatic carbocycles. The van der Waals surface area contributed by atoms with Crippen molar-refractivity contribution < 1.29 is 9.47 Å². The van der Waals surface area contributed by atoms with Gasteiger partial charge in [-0.15, -0.1) is 11.3 Å². The lowest BCUT2D eigenvalue weighted by Crippen LogP contribution is -2.20. The molecule has 4 rings (SSSR count). The molecule has 5 nitrogen and oxygen atoms in total. The molecule has 3 aromatic rings. The number of aromatic nitrogens is 2. The van der Waals surface area contributed by atoms with Gasteiger partial charge in [-0.1, -0.05) is 12.1 Å². The Labute approximate surface area is 157 Å². The van der Waals surface area contributed by atoms with Crippen LogP contribution in [0.2, 0.25) is 0 Å². The average molecular weight is 369 g/mol. The Morgan fingerprint density at radius 3 is 2.54 bits per heavy atom. The first-order valence-electron chi connectivity index (χ1n) is 8.95. The molecule has 0 radical (unpaired) electrons. The summed E-state index contributed by atoms with van der Waals surface area (Å²) < 4.78 is 11.7. The van der Waals surface area contributed by atoms with Crippen LogP contribution >= 0.6 is 11.3 Å². The first-order chi connectivity index (χ1) is 12.7. The molecule has 26 heavy (non-hydrogen) atoms. The largest absolute Gasteiger partial charge is 0.493 e. The molecule has 0 saturated carbocycles. The first kappa shape index (κ1) is 17.2. The van der Waals surface area contributed by atoms with Gasteiger partial charge in [-0.3, -0.25) is 4.90 Å². The van der Waals surface area contributed by atoms with E-state index >= 15 is 0 Å². The molecule has 136 valence electrons. The van der Waals surface area contributed by atoms with Crippen LogP contribution in [0.3, 0.4) is 0 Å². The SMILES string of the molecule is COc1ccccc1Oc1nc(CN2CCCC2)nc2sc(C)c(C)c12. The zero-order valence-corrected chi connectivity index (χ0v) is 16.2. The highest BCUT2D eigenvalue weighted by Gasteiger charge is 2.20. The lowest BCUT2D eigenvalue weighted by Gasteiger charge is -2.15. The number of aryl methyl sites for hydroxylation is 2. The Hall–Kier alpha value is -2.18. The zero-order chi connectivity index (χ0) is 18.1. The number of methoxy groups -OCH3 is 1. The quantitative estimate of drug-likeness (QED) is 0.652. The van der Waals surface area contributed by atoms with Crippen molar-refractivity contribution in [3.8, 4) is 17.4 Å². The van der Waals surface area contributed by atoms with Gasteiger partial charge in [0.25, 0.3) is 0 Å². The van der Waals surface area contributed by atoms with Gasteiger partial charge in [0.2, 0.25) is 5.88 Å². The van der Waals surface area contributed by atoms with Gasteiger partial charge in [0, 0.05) is 4.88 Å². The normalized spacial score (nSPS) is 14.9. The van der Waals surface area contributed by atoms with Gasteiger partial charge in [-0.25, -0.2) is 4.98 Å². The summed E-state index contributed by atoms with van der Waals surface area (Å²) in [5.74, 6) is 2.82. The second-order valence-electron chi connectivity index (χ2n) is 6.64. The number of thiophene rings is 1. The van der Waals surface area contributed by atoms with Crippen molar-refractivity contribution >= 4 is 21.6 Å². The maximum absolute atomic E-state index is 6.23. The Morgan fingerprint density at radius 2 is 1.81 bits per heavy atom. The Morgan fingerprint density at radius 1 is 1.08 bits per heavy atom. The van der Waals surface area contributed by atoms with Crippen LogP contribution in [0.1, 0.15) is 29.1 Å². The van der Waals surface area contributed by atoms with Crippen molar-refractivity contribution in [1.29, 1.82) is 0 Å². The van der Waals surface area contributed by atoms with E-state index in [9.17, 15) is 0 Å². The summed E-state index contributed by atoms with van der Waals surface area (Å²) in [5, 5.41) is 1.00. The smallest absolute Gasteiger partial charge is 0.231 e. The third-order valence-electron chi connectivity index (χ3n) is 4.88. The highest BCUT2D eigenvalue weighted by molar-refractivity contribution is 7.18. The molecule has 6 heteroatoms. The fourth-order valence-corrected chi connectivity index (χ4v) is 4.39. The van der Waals surface area contributed by atoms with Gasteiger partial charge in [0.05, 0.1) is 19.0 Å². The van der Waals surface area contributed by atoms with E-state index in [0.29, 0.717) is 17.4 Å². The van der Waals surface area contributed by atoms with Gasteiger partial charge in [0.15, 0.2) is 11.5 Å². The predicted molar refractivity (Wildman–Crippen MR) is 104 cm³/mol. The number of hydrogen-bond donors (Lipinski definition) is 0. The van der Waals surface area contributed by atoms with E-state index in [2.05, 4.69) is 18.7 Å². The maximum atomic E-state index is 6.23. The van der Waals surface area contributed by atoms with Crippen molar-refractivity contribution in [2.24, 2.45) is 0 Å². The molecular formula is C20H23N3O2S. The third kappa shape index (κ3) is 3.27. The van der Waals surface area contributed by atoms with Crippen LogP contribution in [-0.4, -0.2) is 35.1 Å². The van der Waals surface area contributed by atoms with Gasteiger partial charge in [-0.2, -0.15) is 4.98 Å². The van der Waals surface area contributed by atoms with Crippen LogP contribution < -0.4 is 9.47 Å². The fraction of sp³-hybridized carbons (Fsp3) is 0.400. The summed E-state index contributed by atoms with van der Waals surface area (Å²) in [5.41, 5.74) is 1.18. The van der Waals surface area contributed by atoms with E-state index in [-0.39, 0.29) is 0 Å². The van der Waals surface area contributed by atoms with Crippen LogP contribution in [0.15, 0.2) is 24.3 Å². The molecule has 1 aliphatic rings. The molecule has 1 aliphatic heterocycles. The van der Waals surface area contributed by atoms with Crippen molar-refractivity contribution in [1.82, 2.24) is 14.9 Å². The van der Waals surface area contributed by atoms with Crippen LogP contribution in [0.25, 0.3) is 10.2 Å². The molecule has 1 fully saturated rings. The van der Waals surface area contributed by atoms with Gasteiger partial charge in [-0.05, 0) is 57.5 Å². The molecule has 0 unspecified atom stereocenters. The van der Waals surface area contributed by atoms with Crippen LogP contribution in [0.5, 0.6) is 17.4 Å². The average Bonchev–Trinajstić information content (AvgIpc) is 3.24. The summed E-state index contributed by atoms with van der Waals surface area (Å²) in [4.78, 5) is 14.3. The van der Waals surface area contributed by atoms with Crippen LogP contribution in [0.4, 0.5) is 0 Å². The van der Waals surface area contributed by atoms with E-state index in [1.165, 1.54) is 23.3 Å². The minimum atomic E-state index is 0.621. The summed E-state index contributed by atoms with van der Waals surface area (Å²) in [6, 6.07) is 7.67. The topological polar surface area (TPSA) is 47.5 Å². The van der Waals surface area contributed by atoms with Gasteiger partial charge < -0.3 is 9.47 Å². The number of hydrogen-bond acceptors (Lipinski definition) is 6. The van der Waals surface area contributed by atoms with Crippen molar-refractivity contribution in [3.63, 3.8) is 0 Å². The number of fused-ring (bicyclic) bond motifs is 1. The monoisotopic (exact) mass is 369 g/mol. The number of para-hydroxylation sites is 2. The van der Waals surface area contributed by atoms with Crippen molar-refractivity contribution in [3.05, 3.63) is 40.5 Å².